The van der Waals surface area contributed by atoms with Crippen LogP contribution in [0.15, 0.2) is 21.9 Å². The third-order valence-electron chi connectivity index (χ3n) is 2.45. The monoisotopic (exact) mass is 226 g/mol. The van der Waals surface area contributed by atoms with Gasteiger partial charge in [0.1, 0.15) is 0 Å². The zero-order chi connectivity index (χ0) is 11.8. The van der Waals surface area contributed by atoms with Gasteiger partial charge in [-0.15, -0.1) is 0 Å². The number of aromatic nitrogens is 2. The van der Waals surface area contributed by atoms with E-state index in [0.717, 1.165) is 32.1 Å². The molecule has 0 aliphatic rings. The molecule has 0 aliphatic heterocycles. The molecule has 1 aromatic rings. The molecule has 0 amide bonds. The lowest BCUT2D eigenvalue weighted by molar-refractivity contribution is 0.282. The largest absolute Gasteiger partial charge is 0.396 e. The molecule has 0 bridgehead atoms. The van der Waals surface area contributed by atoms with Crippen LogP contribution in [0, 0.1) is 0 Å². The molecule has 90 valence electrons. The van der Waals surface area contributed by atoms with E-state index >= 15 is 0 Å². The number of hydrogen-bond acceptors (Lipinski definition) is 3. The molecule has 1 heterocycles. The fraction of sp³-hybridized carbons (Fsp3) is 0.636. The highest BCUT2D eigenvalue weighted by atomic mass is 16.2. The Morgan fingerprint density at radius 1 is 1.12 bits per heavy atom. The highest BCUT2D eigenvalue weighted by Crippen LogP contribution is 2.03. The molecule has 0 unspecified atom stereocenters. The average molecular weight is 226 g/mol. The lowest BCUT2D eigenvalue weighted by Gasteiger charge is -2.03. The minimum atomic E-state index is -0.357. The molecular formula is C11H18N2O3. The minimum absolute atomic E-state index is 0.249. The first kappa shape index (κ1) is 12.7. The molecule has 0 saturated carbocycles. The summed E-state index contributed by atoms with van der Waals surface area (Å²) in [6.45, 7) is 0.883. The Hall–Kier alpha value is -1.36. The summed E-state index contributed by atoms with van der Waals surface area (Å²) in [5, 5.41) is 8.58. The molecule has 0 saturated heterocycles. The van der Waals surface area contributed by atoms with Gasteiger partial charge in [-0.3, -0.25) is 9.78 Å². The zero-order valence-corrected chi connectivity index (χ0v) is 9.32. The van der Waals surface area contributed by atoms with E-state index < -0.39 is 0 Å². The molecule has 0 atom stereocenters. The third-order valence-corrected chi connectivity index (χ3v) is 2.45. The molecular weight excluding hydrogens is 208 g/mol. The molecule has 0 radical (unpaired) electrons. The van der Waals surface area contributed by atoms with Gasteiger partial charge in [0.05, 0.1) is 0 Å². The van der Waals surface area contributed by atoms with E-state index in [1.165, 1.54) is 16.8 Å². The van der Waals surface area contributed by atoms with Crippen molar-refractivity contribution in [1.29, 1.82) is 0 Å². The van der Waals surface area contributed by atoms with Crippen molar-refractivity contribution in [2.75, 3.05) is 6.61 Å². The fourth-order valence-corrected chi connectivity index (χ4v) is 1.54. The van der Waals surface area contributed by atoms with E-state index in [4.69, 9.17) is 5.11 Å². The van der Waals surface area contributed by atoms with E-state index in [1.54, 1.807) is 0 Å². The van der Waals surface area contributed by atoms with Gasteiger partial charge in [-0.1, -0.05) is 19.3 Å². The van der Waals surface area contributed by atoms with Crippen LogP contribution in [-0.4, -0.2) is 21.3 Å². The predicted octanol–water partition coefficient (Wildman–Crippen LogP) is 0.479. The number of unbranched alkanes of at least 4 members (excludes halogenated alkanes) is 4. The summed E-state index contributed by atoms with van der Waals surface area (Å²) in [7, 11) is 0. The first-order chi connectivity index (χ1) is 7.74. The quantitative estimate of drug-likeness (QED) is 0.664. The average Bonchev–Trinajstić information content (AvgIpc) is 2.26. The van der Waals surface area contributed by atoms with Crippen molar-refractivity contribution in [3.63, 3.8) is 0 Å². The number of hydrogen-bond donors (Lipinski definition) is 2. The Kier molecular flexibility index (Phi) is 5.56. The second kappa shape index (κ2) is 7.00. The Balaban J connectivity index is 2.27. The van der Waals surface area contributed by atoms with Crippen LogP contribution in [0.2, 0.25) is 0 Å². The number of aryl methyl sites for hydroxylation is 1. The third kappa shape index (κ3) is 4.44. The van der Waals surface area contributed by atoms with Gasteiger partial charge in [0.2, 0.25) is 0 Å². The van der Waals surface area contributed by atoms with Crippen LogP contribution in [0.25, 0.3) is 0 Å². The highest BCUT2D eigenvalue weighted by molar-refractivity contribution is 4.82. The van der Waals surface area contributed by atoms with Crippen molar-refractivity contribution < 1.29 is 5.11 Å². The maximum absolute atomic E-state index is 11.3. The second-order valence-electron chi connectivity index (χ2n) is 3.79. The van der Waals surface area contributed by atoms with E-state index in [2.05, 4.69) is 4.98 Å². The van der Waals surface area contributed by atoms with Crippen LogP contribution in [0.3, 0.4) is 0 Å². The molecule has 0 spiro atoms. The van der Waals surface area contributed by atoms with Gasteiger partial charge in [-0.25, -0.2) is 4.79 Å². The van der Waals surface area contributed by atoms with Crippen LogP contribution in [0.4, 0.5) is 0 Å². The summed E-state index contributed by atoms with van der Waals surface area (Å²) >= 11 is 0. The summed E-state index contributed by atoms with van der Waals surface area (Å²) in [5.74, 6) is 0. The van der Waals surface area contributed by atoms with E-state index in [0.29, 0.717) is 6.54 Å². The summed E-state index contributed by atoms with van der Waals surface area (Å²) < 4.78 is 1.51. The van der Waals surface area contributed by atoms with Crippen LogP contribution < -0.4 is 11.2 Å². The minimum Gasteiger partial charge on any atom is -0.396 e. The second-order valence-corrected chi connectivity index (χ2v) is 3.79. The van der Waals surface area contributed by atoms with Crippen LogP contribution in [0.5, 0.6) is 0 Å². The molecule has 5 nitrogen and oxygen atoms in total. The van der Waals surface area contributed by atoms with Crippen LogP contribution in [0.1, 0.15) is 32.1 Å². The molecule has 1 aromatic heterocycles. The molecule has 1 rings (SSSR count). The van der Waals surface area contributed by atoms with E-state index in [1.807, 2.05) is 0 Å². The van der Waals surface area contributed by atoms with Gasteiger partial charge in [0, 0.05) is 25.4 Å². The summed E-state index contributed by atoms with van der Waals surface area (Å²) in [6, 6.07) is 1.35. The van der Waals surface area contributed by atoms with Crippen LogP contribution in [-0.2, 0) is 6.54 Å². The van der Waals surface area contributed by atoms with Crippen molar-refractivity contribution in [2.24, 2.45) is 0 Å². The van der Waals surface area contributed by atoms with Crippen molar-refractivity contribution >= 4 is 0 Å². The number of rotatable bonds is 7. The Bertz CT molecular complexity index is 408. The molecule has 5 heteroatoms. The summed E-state index contributed by atoms with van der Waals surface area (Å²) in [4.78, 5) is 24.3. The Morgan fingerprint density at radius 2 is 1.81 bits per heavy atom. The SMILES string of the molecule is O=c1ccn(CCCCCCCO)c(=O)[nH]1. The molecule has 0 aromatic carbocycles. The van der Waals surface area contributed by atoms with Crippen molar-refractivity contribution in [3.8, 4) is 0 Å². The first-order valence-corrected chi connectivity index (χ1v) is 5.64. The number of aromatic amines is 1. The summed E-state index contributed by atoms with van der Waals surface area (Å²) in [6.07, 6.45) is 6.41. The number of nitrogens with one attached hydrogen (secondary N) is 1. The standard InChI is InChI=1S/C11H18N2O3/c14-9-5-3-1-2-4-7-13-8-6-10(15)12-11(13)16/h6,8,14H,1-5,7,9H2,(H,12,15,16). The molecule has 2 N–H and O–H groups in total. The van der Waals surface area contributed by atoms with Gasteiger partial charge >= 0.3 is 5.69 Å². The lowest BCUT2D eigenvalue weighted by atomic mass is 10.1. The molecule has 16 heavy (non-hydrogen) atoms. The van der Waals surface area contributed by atoms with Crippen molar-refractivity contribution in [3.05, 3.63) is 33.1 Å². The van der Waals surface area contributed by atoms with Gasteiger partial charge in [0.15, 0.2) is 0 Å². The van der Waals surface area contributed by atoms with Gasteiger partial charge in [-0.05, 0) is 12.8 Å². The molecule has 0 aliphatic carbocycles. The van der Waals surface area contributed by atoms with Gasteiger partial charge < -0.3 is 9.67 Å². The number of nitrogens with zero attached hydrogens (tertiary/aromatic N) is 1. The number of aliphatic hydroxyl groups is 1. The fourth-order valence-electron chi connectivity index (χ4n) is 1.54. The normalized spacial score (nSPS) is 10.6. The van der Waals surface area contributed by atoms with Gasteiger partial charge in [0.25, 0.3) is 5.56 Å². The Morgan fingerprint density at radius 3 is 2.50 bits per heavy atom. The predicted molar refractivity (Wildman–Crippen MR) is 61.5 cm³/mol. The van der Waals surface area contributed by atoms with Gasteiger partial charge in [-0.2, -0.15) is 0 Å². The highest BCUT2D eigenvalue weighted by Gasteiger charge is 1.96. The van der Waals surface area contributed by atoms with Crippen molar-refractivity contribution in [2.45, 2.75) is 38.6 Å². The molecule has 0 fully saturated rings. The topological polar surface area (TPSA) is 75.1 Å². The number of H-pyrrole nitrogens is 1. The van der Waals surface area contributed by atoms with E-state index in [-0.39, 0.29) is 17.9 Å². The Labute approximate surface area is 93.8 Å². The zero-order valence-electron chi connectivity index (χ0n) is 9.32. The van der Waals surface area contributed by atoms with Crippen molar-refractivity contribution in [1.82, 2.24) is 9.55 Å². The lowest BCUT2D eigenvalue weighted by Crippen LogP contribution is -2.28. The number of aliphatic hydroxyl groups excluding tert-OH is 1. The smallest absolute Gasteiger partial charge is 0.328 e. The van der Waals surface area contributed by atoms with Crippen LogP contribution >= 0.6 is 0 Å². The summed E-state index contributed by atoms with van der Waals surface area (Å²) in [5.41, 5.74) is -0.702. The van der Waals surface area contributed by atoms with E-state index in [9.17, 15) is 9.59 Å². The maximum Gasteiger partial charge on any atom is 0.328 e. The first-order valence-electron chi connectivity index (χ1n) is 5.64. The maximum atomic E-state index is 11.3.